The van der Waals surface area contributed by atoms with Gasteiger partial charge in [0.2, 0.25) is 11.7 Å². The van der Waals surface area contributed by atoms with Crippen molar-refractivity contribution in [1.82, 2.24) is 10.1 Å². The van der Waals surface area contributed by atoms with Crippen LogP contribution in [0.1, 0.15) is 5.89 Å². The van der Waals surface area contributed by atoms with Crippen molar-refractivity contribution < 1.29 is 13.7 Å². The Balaban J connectivity index is 2.03. The number of ether oxygens (including phenoxy) is 1. The molecule has 1 atom stereocenters. The number of hydrogen-bond acceptors (Lipinski definition) is 6. The molecule has 0 aromatic carbocycles. The first-order chi connectivity index (χ1) is 7.79. The van der Waals surface area contributed by atoms with Crippen molar-refractivity contribution in [3.63, 3.8) is 0 Å². The number of nitrogens with two attached hydrogens (primary N) is 1. The van der Waals surface area contributed by atoms with Crippen LogP contribution in [0.3, 0.4) is 0 Å². The molecule has 2 rings (SSSR count). The van der Waals surface area contributed by atoms with Gasteiger partial charge in [0.1, 0.15) is 0 Å². The maximum absolute atomic E-state index is 5.77. The number of methoxy groups -OCH3 is 1. The van der Waals surface area contributed by atoms with Gasteiger partial charge < -0.3 is 19.4 Å². The Labute approximate surface area is 92.4 Å². The second kappa shape index (κ2) is 4.91. The number of nitrogens with zero attached hydrogens (tertiary/aromatic N) is 2. The summed E-state index contributed by atoms with van der Waals surface area (Å²) in [7, 11) is 1.60. The van der Waals surface area contributed by atoms with Crippen molar-refractivity contribution in [2.45, 2.75) is 12.5 Å². The highest BCUT2D eigenvalue weighted by Crippen LogP contribution is 2.15. The SMILES string of the molecule is COCC(N)Cc1nc(-c2ccco2)no1. The molecule has 0 saturated heterocycles. The van der Waals surface area contributed by atoms with Crippen LogP contribution in [-0.4, -0.2) is 29.9 Å². The Morgan fingerprint density at radius 1 is 1.56 bits per heavy atom. The van der Waals surface area contributed by atoms with Crippen LogP contribution < -0.4 is 5.73 Å². The molecule has 2 N–H and O–H groups in total. The lowest BCUT2D eigenvalue weighted by Gasteiger charge is -2.05. The van der Waals surface area contributed by atoms with Crippen LogP contribution in [0.5, 0.6) is 0 Å². The lowest BCUT2D eigenvalue weighted by molar-refractivity contribution is 0.176. The topological polar surface area (TPSA) is 87.3 Å². The van der Waals surface area contributed by atoms with Crippen molar-refractivity contribution in [2.75, 3.05) is 13.7 Å². The fraction of sp³-hybridized carbons (Fsp3) is 0.400. The third-order valence-electron chi connectivity index (χ3n) is 2.03. The van der Waals surface area contributed by atoms with E-state index in [-0.39, 0.29) is 6.04 Å². The van der Waals surface area contributed by atoms with Gasteiger partial charge in [0, 0.05) is 19.6 Å². The minimum atomic E-state index is -0.144. The van der Waals surface area contributed by atoms with E-state index in [0.29, 0.717) is 30.5 Å². The van der Waals surface area contributed by atoms with E-state index in [9.17, 15) is 0 Å². The van der Waals surface area contributed by atoms with Gasteiger partial charge in [0.25, 0.3) is 0 Å². The van der Waals surface area contributed by atoms with Crippen LogP contribution in [-0.2, 0) is 11.2 Å². The Bertz CT molecular complexity index is 424. The zero-order valence-corrected chi connectivity index (χ0v) is 8.92. The molecule has 0 aliphatic heterocycles. The number of rotatable bonds is 5. The summed E-state index contributed by atoms with van der Waals surface area (Å²) in [5.74, 6) is 1.50. The van der Waals surface area contributed by atoms with Gasteiger partial charge in [-0.05, 0) is 12.1 Å². The summed E-state index contributed by atoms with van der Waals surface area (Å²) >= 11 is 0. The highest BCUT2D eigenvalue weighted by Gasteiger charge is 2.13. The Hall–Kier alpha value is -1.66. The predicted molar refractivity (Wildman–Crippen MR) is 55.6 cm³/mol. The van der Waals surface area contributed by atoms with Gasteiger partial charge in [-0.2, -0.15) is 4.98 Å². The maximum atomic E-state index is 5.77. The average Bonchev–Trinajstić information content (AvgIpc) is 2.86. The minimum absolute atomic E-state index is 0.144. The first kappa shape index (κ1) is 10.8. The molecule has 6 nitrogen and oxygen atoms in total. The molecule has 16 heavy (non-hydrogen) atoms. The van der Waals surface area contributed by atoms with Crippen molar-refractivity contribution >= 4 is 0 Å². The summed E-state index contributed by atoms with van der Waals surface area (Å²) in [6.45, 7) is 0.457. The Morgan fingerprint density at radius 2 is 2.44 bits per heavy atom. The fourth-order valence-corrected chi connectivity index (χ4v) is 1.34. The molecule has 0 aliphatic rings. The highest BCUT2D eigenvalue weighted by atomic mass is 16.5. The molecule has 0 aliphatic carbocycles. The largest absolute Gasteiger partial charge is 0.461 e. The quantitative estimate of drug-likeness (QED) is 0.808. The molecule has 2 aromatic rings. The maximum Gasteiger partial charge on any atom is 0.238 e. The summed E-state index contributed by atoms with van der Waals surface area (Å²) in [6, 6.07) is 3.39. The monoisotopic (exact) mass is 223 g/mol. The third-order valence-corrected chi connectivity index (χ3v) is 2.03. The molecule has 1 unspecified atom stereocenters. The molecule has 0 bridgehead atoms. The fourth-order valence-electron chi connectivity index (χ4n) is 1.34. The van der Waals surface area contributed by atoms with Gasteiger partial charge in [0.15, 0.2) is 5.76 Å². The molecule has 0 spiro atoms. The van der Waals surface area contributed by atoms with Gasteiger partial charge in [0.05, 0.1) is 12.9 Å². The van der Waals surface area contributed by atoms with Gasteiger partial charge in [-0.1, -0.05) is 5.16 Å². The zero-order chi connectivity index (χ0) is 11.4. The molecule has 86 valence electrons. The minimum Gasteiger partial charge on any atom is -0.461 e. The predicted octanol–water partition coefficient (Wildman–Crippen LogP) is 0.846. The smallest absolute Gasteiger partial charge is 0.238 e. The summed E-state index contributed by atoms with van der Waals surface area (Å²) < 4.78 is 15.1. The van der Waals surface area contributed by atoms with E-state index in [1.807, 2.05) is 0 Å². The molecule has 0 amide bonds. The molecular weight excluding hydrogens is 210 g/mol. The second-order valence-electron chi connectivity index (χ2n) is 3.41. The molecular formula is C10H13N3O3. The van der Waals surface area contributed by atoms with Crippen LogP contribution in [0.4, 0.5) is 0 Å². The molecule has 2 aromatic heterocycles. The van der Waals surface area contributed by atoms with Crippen LogP contribution >= 0.6 is 0 Å². The van der Waals surface area contributed by atoms with E-state index in [1.165, 1.54) is 0 Å². The summed E-state index contributed by atoms with van der Waals surface area (Å²) in [4.78, 5) is 4.17. The standard InChI is InChI=1S/C10H13N3O3/c1-14-6-7(11)5-9-12-10(13-16-9)8-3-2-4-15-8/h2-4,7H,5-6,11H2,1H3. The molecule has 0 fully saturated rings. The second-order valence-corrected chi connectivity index (χ2v) is 3.41. The number of hydrogen-bond donors (Lipinski definition) is 1. The summed E-state index contributed by atoms with van der Waals surface area (Å²) in [5, 5.41) is 3.80. The summed E-state index contributed by atoms with van der Waals surface area (Å²) in [6.07, 6.45) is 2.05. The molecule has 2 heterocycles. The van der Waals surface area contributed by atoms with Gasteiger partial charge >= 0.3 is 0 Å². The van der Waals surface area contributed by atoms with E-state index < -0.39 is 0 Å². The molecule has 6 heteroatoms. The first-order valence-electron chi connectivity index (χ1n) is 4.90. The van der Waals surface area contributed by atoms with Crippen molar-refractivity contribution in [3.05, 3.63) is 24.3 Å². The zero-order valence-electron chi connectivity index (χ0n) is 8.92. The molecule has 0 radical (unpaired) electrons. The van der Waals surface area contributed by atoms with Crippen LogP contribution in [0.25, 0.3) is 11.6 Å². The lowest BCUT2D eigenvalue weighted by Crippen LogP contribution is -2.28. The van der Waals surface area contributed by atoms with E-state index in [4.69, 9.17) is 19.4 Å². The van der Waals surface area contributed by atoms with E-state index in [0.717, 1.165) is 0 Å². The van der Waals surface area contributed by atoms with E-state index in [2.05, 4.69) is 10.1 Å². The number of aromatic nitrogens is 2. The van der Waals surface area contributed by atoms with Crippen molar-refractivity contribution in [2.24, 2.45) is 5.73 Å². The first-order valence-corrected chi connectivity index (χ1v) is 4.90. The van der Waals surface area contributed by atoms with Crippen LogP contribution in [0, 0.1) is 0 Å². The lowest BCUT2D eigenvalue weighted by atomic mass is 10.2. The normalized spacial score (nSPS) is 12.9. The van der Waals surface area contributed by atoms with Crippen LogP contribution in [0.2, 0.25) is 0 Å². The Morgan fingerprint density at radius 3 is 3.12 bits per heavy atom. The van der Waals surface area contributed by atoms with E-state index in [1.54, 1.807) is 25.5 Å². The summed E-state index contributed by atoms with van der Waals surface area (Å²) in [5.41, 5.74) is 5.77. The number of furan rings is 1. The molecule has 0 saturated carbocycles. The average molecular weight is 223 g/mol. The Kier molecular flexibility index (Phi) is 3.33. The van der Waals surface area contributed by atoms with Gasteiger partial charge in [-0.3, -0.25) is 0 Å². The van der Waals surface area contributed by atoms with E-state index >= 15 is 0 Å². The van der Waals surface area contributed by atoms with Crippen molar-refractivity contribution in [1.29, 1.82) is 0 Å². The van der Waals surface area contributed by atoms with Crippen LogP contribution in [0.15, 0.2) is 27.3 Å². The highest BCUT2D eigenvalue weighted by molar-refractivity contribution is 5.44. The van der Waals surface area contributed by atoms with Gasteiger partial charge in [-0.15, -0.1) is 0 Å². The van der Waals surface area contributed by atoms with Crippen molar-refractivity contribution in [3.8, 4) is 11.6 Å². The third kappa shape index (κ3) is 2.47. The van der Waals surface area contributed by atoms with Gasteiger partial charge in [-0.25, -0.2) is 0 Å².